The molecule has 3 aromatic rings. The predicted molar refractivity (Wildman–Crippen MR) is 117 cm³/mol. The number of ether oxygens (including phenoxy) is 3. The van der Waals surface area contributed by atoms with Gasteiger partial charge in [0, 0.05) is 16.2 Å². The van der Waals surface area contributed by atoms with E-state index in [0.29, 0.717) is 22.3 Å². The molecule has 0 aliphatic carbocycles. The molecule has 1 atom stereocenters. The number of carbonyl (C=O) groups is 1. The zero-order valence-electron chi connectivity index (χ0n) is 16.7. The summed E-state index contributed by atoms with van der Waals surface area (Å²) in [6.45, 7) is 1.98. The van der Waals surface area contributed by atoms with E-state index in [1.807, 2.05) is 19.1 Å². The molecule has 158 valence electrons. The molecule has 0 saturated carbocycles. The molecule has 2 aromatic carbocycles. The Morgan fingerprint density at radius 1 is 1.17 bits per heavy atom. The van der Waals surface area contributed by atoms with Gasteiger partial charge in [-0.25, -0.2) is 4.68 Å². The van der Waals surface area contributed by atoms with E-state index in [4.69, 9.17) is 25.8 Å². The molecule has 1 heterocycles. The summed E-state index contributed by atoms with van der Waals surface area (Å²) >= 11 is 9.49. The van der Waals surface area contributed by atoms with Gasteiger partial charge in [-0.15, -0.1) is 0 Å². The predicted octanol–water partition coefficient (Wildman–Crippen LogP) is 4.84. The Bertz CT molecular complexity index is 1040. The zero-order chi connectivity index (χ0) is 21.7. The van der Waals surface area contributed by atoms with Gasteiger partial charge < -0.3 is 19.5 Å². The minimum atomic E-state index is -0.314. The highest BCUT2D eigenvalue weighted by Gasteiger charge is 2.18. The van der Waals surface area contributed by atoms with Crippen molar-refractivity contribution in [1.29, 1.82) is 0 Å². The first-order valence-electron chi connectivity index (χ1n) is 9.05. The Hall–Kier alpha value is -2.71. The normalized spacial score (nSPS) is 11.6. The van der Waals surface area contributed by atoms with Crippen molar-refractivity contribution in [2.24, 2.45) is 0 Å². The first-order valence-corrected chi connectivity index (χ1v) is 10.2. The first-order chi connectivity index (χ1) is 14.4. The molecule has 0 saturated heterocycles. The number of aromatic nitrogens is 2. The molecule has 1 N–H and O–H groups in total. The fourth-order valence-corrected chi connectivity index (χ4v) is 3.54. The number of rotatable bonds is 8. The van der Waals surface area contributed by atoms with E-state index < -0.39 is 0 Å². The van der Waals surface area contributed by atoms with E-state index in [-0.39, 0.29) is 24.4 Å². The molecule has 0 bridgehead atoms. The topological polar surface area (TPSA) is 74.6 Å². The molecule has 0 aliphatic heterocycles. The second-order valence-electron chi connectivity index (χ2n) is 6.39. The number of amides is 1. The molecule has 0 aliphatic rings. The highest BCUT2D eigenvalue weighted by Crippen LogP contribution is 2.30. The van der Waals surface area contributed by atoms with Crippen LogP contribution in [0.2, 0.25) is 5.02 Å². The number of carbonyl (C=O) groups excluding carboxylic acids is 1. The molecule has 1 unspecified atom stereocenters. The van der Waals surface area contributed by atoms with Crippen LogP contribution in [0, 0.1) is 0 Å². The smallest absolute Gasteiger partial charge is 0.272 e. The summed E-state index contributed by atoms with van der Waals surface area (Å²) in [4.78, 5) is 12.6. The van der Waals surface area contributed by atoms with Crippen LogP contribution in [0.1, 0.15) is 29.0 Å². The molecule has 9 heteroatoms. The summed E-state index contributed by atoms with van der Waals surface area (Å²) in [5.41, 5.74) is 1.08. The van der Waals surface area contributed by atoms with Crippen LogP contribution in [-0.4, -0.2) is 29.9 Å². The van der Waals surface area contributed by atoms with E-state index in [0.717, 1.165) is 10.0 Å². The van der Waals surface area contributed by atoms with Gasteiger partial charge in [-0.05, 0) is 49.4 Å². The summed E-state index contributed by atoms with van der Waals surface area (Å²) in [5, 5.41) is 7.67. The second kappa shape index (κ2) is 9.86. The number of nitrogens with one attached hydrogen (secondary N) is 1. The van der Waals surface area contributed by atoms with Crippen LogP contribution in [0.25, 0.3) is 0 Å². The quantitative estimate of drug-likeness (QED) is 0.485. The lowest BCUT2D eigenvalue weighted by atomic mass is 10.1. The van der Waals surface area contributed by atoms with Crippen LogP contribution in [0.4, 0.5) is 0 Å². The van der Waals surface area contributed by atoms with E-state index in [1.54, 1.807) is 50.7 Å². The summed E-state index contributed by atoms with van der Waals surface area (Å²) in [5.74, 6) is 1.56. The third-order valence-electron chi connectivity index (χ3n) is 4.37. The fraction of sp³-hybridized carbons (Fsp3) is 0.238. The van der Waals surface area contributed by atoms with Crippen molar-refractivity contribution in [1.82, 2.24) is 15.1 Å². The van der Waals surface area contributed by atoms with Gasteiger partial charge in [0.25, 0.3) is 5.91 Å². The van der Waals surface area contributed by atoms with Crippen LogP contribution < -0.4 is 19.5 Å². The average Bonchev–Trinajstić information content (AvgIpc) is 3.21. The van der Waals surface area contributed by atoms with Gasteiger partial charge in [0.2, 0.25) is 0 Å². The van der Waals surface area contributed by atoms with Gasteiger partial charge in [-0.1, -0.05) is 27.5 Å². The van der Waals surface area contributed by atoms with Gasteiger partial charge in [-0.2, -0.15) is 5.10 Å². The molecule has 0 fully saturated rings. The average molecular weight is 495 g/mol. The molecule has 7 nitrogen and oxygen atoms in total. The lowest BCUT2D eigenvalue weighted by Crippen LogP contribution is -2.27. The van der Waals surface area contributed by atoms with Crippen molar-refractivity contribution in [2.75, 3.05) is 14.2 Å². The minimum absolute atomic E-state index is 0.119. The highest BCUT2D eigenvalue weighted by molar-refractivity contribution is 9.10. The minimum Gasteiger partial charge on any atom is -0.497 e. The van der Waals surface area contributed by atoms with Gasteiger partial charge in [0.15, 0.2) is 6.73 Å². The Balaban J connectivity index is 1.65. The summed E-state index contributed by atoms with van der Waals surface area (Å²) in [6.07, 6.45) is 1.67. The van der Waals surface area contributed by atoms with E-state index in [2.05, 4.69) is 26.3 Å². The Kier molecular flexibility index (Phi) is 7.23. The molecule has 0 radical (unpaired) electrons. The number of hydrogen-bond donors (Lipinski definition) is 1. The number of nitrogens with zero attached hydrogens (tertiary/aromatic N) is 2. The second-order valence-corrected chi connectivity index (χ2v) is 7.71. The van der Waals surface area contributed by atoms with Crippen molar-refractivity contribution >= 4 is 33.4 Å². The molecule has 3 rings (SSSR count). The van der Waals surface area contributed by atoms with Crippen molar-refractivity contribution in [3.63, 3.8) is 0 Å². The molecule has 0 spiro atoms. The van der Waals surface area contributed by atoms with Crippen LogP contribution >= 0.6 is 27.5 Å². The first kappa shape index (κ1) is 22.0. The largest absolute Gasteiger partial charge is 0.497 e. The lowest BCUT2D eigenvalue weighted by Gasteiger charge is -2.17. The standard InChI is InChI=1S/C21H21BrClN3O4/c1-13(16-11-15(28-2)5-7-19(16)29-3)24-21(27)18-8-9-26(25-18)12-30-20-6-4-14(22)10-17(20)23/h4-11,13H,12H2,1-3H3,(H,24,27). The van der Waals surface area contributed by atoms with Gasteiger partial charge >= 0.3 is 0 Å². The maximum atomic E-state index is 12.6. The maximum absolute atomic E-state index is 12.6. The summed E-state index contributed by atoms with van der Waals surface area (Å²) in [6, 6.07) is 12.1. The lowest BCUT2D eigenvalue weighted by molar-refractivity contribution is 0.0932. The third-order valence-corrected chi connectivity index (χ3v) is 5.16. The van der Waals surface area contributed by atoms with Crippen LogP contribution in [0.15, 0.2) is 53.1 Å². The van der Waals surface area contributed by atoms with Crippen molar-refractivity contribution in [2.45, 2.75) is 19.7 Å². The number of hydrogen-bond acceptors (Lipinski definition) is 5. The maximum Gasteiger partial charge on any atom is 0.272 e. The fourth-order valence-electron chi connectivity index (χ4n) is 2.81. The number of halogens is 2. The Morgan fingerprint density at radius 2 is 1.93 bits per heavy atom. The molecule has 30 heavy (non-hydrogen) atoms. The zero-order valence-corrected chi connectivity index (χ0v) is 19.0. The van der Waals surface area contributed by atoms with E-state index in [1.165, 1.54) is 4.68 Å². The highest BCUT2D eigenvalue weighted by atomic mass is 79.9. The van der Waals surface area contributed by atoms with Crippen LogP contribution in [0.3, 0.4) is 0 Å². The molecular formula is C21H21BrClN3O4. The molecule has 1 amide bonds. The van der Waals surface area contributed by atoms with Crippen molar-refractivity contribution < 1.29 is 19.0 Å². The van der Waals surface area contributed by atoms with Crippen molar-refractivity contribution in [3.8, 4) is 17.2 Å². The Labute approximate surface area is 188 Å². The third kappa shape index (κ3) is 5.25. The summed E-state index contributed by atoms with van der Waals surface area (Å²) in [7, 11) is 3.17. The molecule has 1 aromatic heterocycles. The number of benzene rings is 2. The summed E-state index contributed by atoms with van der Waals surface area (Å²) < 4.78 is 18.7. The van der Waals surface area contributed by atoms with E-state index >= 15 is 0 Å². The van der Waals surface area contributed by atoms with Crippen molar-refractivity contribution in [3.05, 3.63) is 69.4 Å². The van der Waals surface area contributed by atoms with Gasteiger partial charge in [0.1, 0.15) is 22.9 Å². The van der Waals surface area contributed by atoms with Gasteiger partial charge in [-0.3, -0.25) is 4.79 Å². The van der Waals surface area contributed by atoms with Gasteiger partial charge in [0.05, 0.1) is 25.3 Å². The number of methoxy groups -OCH3 is 2. The Morgan fingerprint density at radius 3 is 2.63 bits per heavy atom. The molecular weight excluding hydrogens is 474 g/mol. The SMILES string of the molecule is COc1ccc(OC)c(C(C)NC(=O)c2ccn(COc3ccc(Br)cc3Cl)n2)c1. The monoisotopic (exact) mass is 493 g/mol. The van der Waals surface area contributed by atoms with Crippen LogP contribution in [-0.2, 0) is 6.73 Å². The van der Waals surface area contributed by atoms with E-state index in [9.17, 15) is 4.79 Å². The van der Waals surface area contributed by atoms with Crippen LogP contribution in [0.5, 0.6) is 17.2 Å².